The molecule has 0 unspecified atom stereocenters. The topological polar surface area (TPSA) is 74.6 Å². The Hall–Kier alpha value is -2.70. The van der Waals surface area contributed by atoms with Crippen molar-refractivity contribution in [2.24, 2.45) is 0 Å². The van der Waals surface area contributed by atoms with E-state index in [9.17, 15) is 4.79 Å². The lowest BCUT2D eigenvalue weighted by atomic mass is 10.1. The van der Waals surface area contributed by atoms with E-state index < -0.39 is 0 Å². The Bertz CT molecular complexity index is 646. The van der Waals surface area contributed by atoms with E-state index in [1.54, 1.807) is 18.3 Å². The van der Waals surface area contributed by atoms with Gasteiger partial charge in [0.25, 0.3) is 5.91 Å². The van der Waals surface area contributed by atoms with Crippen molar-refractivity contribution in [3.63, 3.8) is 0 Å². The highest BCUT2D eigenvalue weighted by Gasteiger charge is 2.16. The van der Waals surface area contributed by atoms with Crippen LogP contribution in [0.15, 0.2) is 30.9 Å². The average Bonchev–Trinajstić information content (AvgIpc) is 3.16. The number of carbonyl (C=O) groups is 1. The molecule has 7 nitrogen and oxygen atoms in total. The number of aromatic nitrogens is 2. The molecule has 0 saturated heterocycles. The third kappa shape index (κ3) is 5.14. The summed E-state index contributed by atoms with van der Waals surface area (Å²) in [6, 6.07) is 3.30. The van der Waals surface area contributed by atoms with Crippen LogP contribution in [-0.4, -0.2) is 43.3 Å². The molecule has 2 aromatic rings. The number of nitrogens with one attached hydrogen (secondary N) is 1. The Balaban J connectivity index is 1.81. The van der Waals surface area contributed by atoms with Crippen molar-refractivity contribution in [3.05, 3.63) is 36.4 Å². The smallest absolute Gasteiger partial charge is 0.251 e. The molecule has 0 atom stereocenters. The van der Waals surface area contributed by atoms with Crippen molar-refractivity contribution in [1.29, 1.82) is 0 Å². The lowest BCUT2D eigenvalue weighted by Crippen LogP contribution is -2.24. The van der Waals surface area contributed by atoms with Gasteiger partial charge in [0, 0.05) is 31.0 Å². The maximum absolute atomic E-state index is 12.3. The third-order valence-corrected chi connectivity index (χ3v) is 3.86. The van der Waals surface area contributed by atoms with Gasteiger partial charge in [-0.2, -0.15) is 0 Å². The van der Waals surface area contributed by atoms with Gasteiger partial charge in [-0.3, -0.25) is 4.79 Å². The minimum atomic E-state index is -0.158. The average molecular weight is 347 g/mol. The molecule has 0 saturated carbocycles. The fourth-order valence-electron chi connectivity index (χ4n) is 2.53. The Kier molecular flexibility index (Phi) is 7.13. The van der Waals surface area contributed by atoms with Gasteiger partial charge in [0.15, 0.2) is 11.5 Å². The monoisotopic (exact) mass is 347 g/mol. The maximum Gasteiger partial charge on any atom is 0.251 e. The molecule has 0 fully saturated rings. The van der Waals surface area contributed by atoms with Crippen molar-refractivity contribution >= 4 is 5.91 Å². The van der Waals surface area contributed by atoms with Crippen LogP contribution in [0.1, 0.15) is 29.6 Å². The van der Waals surface area contributed by atoms with Gasteiger partial charge < -0.3 is 24.1 Å². The van der Waals surface area contributed by atoms with Gasteiger partial charge in [0.2, 0.25) is 5.75 Å². The highest BCUT2D eigenvalue weighted by Crippen LogP contribution is 2.38. The number of benzene rings is 1. The Labute approximate surface area is 147 Å². The molecular formula is C18H25N3O4. The number of hydrogen-bond donors (Lipinski definition) is 1. The molecule has 1 aromatic carbocycles. The first-order chi connectivity index (χ1) is 12.2. The van der Waals surface area contributed by atoms with E-state index in [1.165, 1.54) is 21.3 Å². The van der Waals surface area contributed by atoms with Gasteiger partial charge in [-0.15, -0.1) is 0 Å². The summed E-state index contributed by atoms with van der Waals surface area (Å²) in [5, 5.41) is 2.92. The molecule has 0 bridgehead atoms. The van der Waals surface area contributed by atoms with E-state index in [0.717, 1.165) is 25.8 Å². The third-order valence-electron chi connectivity index (χ3n) is 3.86. The van der Waals surface area contributed by atoms with E-state index in [1.807, 2.05) is 12.5 Å². The normalized spacial score (nSPS) is 10.4. The number of imidazole rings is 1. The molecule has 0 radical (unpaired) electrons. The number of amides is 1. The first kappa shape index (κ1) is 18.6. The summed E-state index contributed by atoms with van der Waals surface area (Å²) in [6.45, 7) is 1.57. The highest BCUT2D eigenvalue weighted by atomic mass is 16.5. The zero-order chi connectivity index (χ0) is 18.1. The summed E-state index contributed by atoms with van der Waals surface area (Å²) in [5.74, 6) is 1.24. The van der Waals surface area contributed by atoms with Gasteiger partial charge in [0.1, 0.15) is 0 Å². The Morgan fingerprint density at radius 2 is 1.80 bits per heavy atom. The van der Waals surface area contributed by atoms with Crippen LogP contribution in [0.5, 0.6) is 17.2 Å². The standard InChI is InChI=1S/C18H25N3O4/c1-23-15-11-14(12-16(24-2)17(15)25-3)18(22)20-7-5-4-6-9-21-10-8-19-13-21/h8,10-13H,4-7,9H2,1-3H3,(H,20,22). The first-order valence-electron chi connectivity index (χ1n) is 8.23. The predicted octanol–water partition coefficient (Wildman–Crippen LogP) is 2.51. The summed E-state index contributed by atoms with van der Waals surface area (Å²) < 4.78 is 17.9. The molecule has 136 valence electrons. The lowest BCUT2D eigenvalue weighted by molar-refractivity contribution is 0.0952. The number of ether oxygens (including phenoxy) is 3. The molecule has 7 heteroatoms. The maximum atomic E-state index is 12.3. The number of unbranched alkanes of at least 4 members (excludes halogenated alkanes) is 2. The number of rotatable bonds is 10. The fourth-order valence-corrected chi connectivity index (χ4v) is 2.53. The summed E-state index contributed by atoms with van der Waals surface area (Å²) in [7, 11) is 4.59. The zero-order valence-electron chi connectivity index (χ0n) is 14.9. The Morgan fingerprint density at radius 1 is 1.08 bits per heavy atom. The second kappa shape index (κ2) is 9.56. The molecule has 25 heavy (non-hydrogen) atoms. The fraction of sp³-hybridized carbons (Fsp3) is 0.444. The van der Waals surface area contributed by atoms with Crippen molar-refractivity contribution in [3.8, 4) is 17.2 Å². The highest BCUT2D eigenvalue weighted by molar-refractivity contribution is 5.95. The van der Waals surface area contributed by atoms with Crippen LogP contribution in [-0.2, 0) is 6.54 Å². The minimum Gasteiger partial charge on any atom is -0.493 e. The molecule has 1 heterocycles. The lowest BCUT2D eigenvalue weighted by Gasteiger charge is -2.14. The zero-order valence-corrected chi connectivity index (χ0v) is 14.9. The van der Waals surface area contributed by atoms with Crippen molar-refractivity contribution in [2.45, 2.75) is 25.8 Å². The van der Waals surface area contributed by atoms with Crippen LogP contribution < -0.4 is 19.5 Å². The van der Waals surface area contributed by atoms with Crippen LogP contribution in [0.4, 0.5) is 0 Å². The second-order valence-corrected chi connectivity index (χ2v) is 5.53. The van der Waals surface area contributed by atoms with E-state index in [0.29, 0.717) is 29.4 Å². The van der Waals surface area contributed by atoms with E-state index in [-0.39, 0.29) is 5.91 Å². The van der Waals surface area contributed by atoms with Crippen molar-refractivity contribution < 1.29 is 19.0 Å². The molecule has 2 rings (SSSR count). The quantitative estimate of drug-likeness (QED) is 0.669. The molecule has 0 spiro atoms. The molecule has 0 aliphatic carbocycles. The first-order valence-corrected chi connectivity index (χ1v) is 8.23. The van der Waals surface area contributed by atoms with Crippen LogP contribution in [0.25, 0.3) is 0 Å². The van der Waals surface area contributed by atoms with Crippen molar-refractivity contribution in [2.75, 3.05) is 27.9 Å². The molecule has 0 aliphatic heterocycles. The molecule has 1 aromatic heterocycles. The molecule has 0 aliphatic rings. The predicted molar refractivity (Wildman–Crippen MR) is 94.5 cm³/mol. The van der Waals surface area contributed by atoms with Gasteiger partial charge in [-0.1, -0.05) is 0 Å². The largest absolute Gasteiger partial charge is 0.493 e. The number of nitrogens with zero attached hydrogens (tertiary/aromatic N) is 2. The van der Waals surface area contributed by atoms with Gasteiger partial charge >= 0.3 is 0 Å². The van der Waals surface area contributed by atoms with E-state index >= 15 is 0 Å². The summed E-state index contributed by atoms with van der Waals surface area (Å²) in [4.78, 5) is 16.3. The summed E-state index contributed by atoms with van der Waals surface area (Å²) in [6.07, 6.45) is 8.55. The van der Waals surface area contributed by atoms with E-state index in [2.05, 4.69) is 14.9 Å². The second-order valence-electron chi connectivity index (χ2n) is 5.53. The molecule has 1 N–H and O–H groups in total. The number of carbonyl (C=O) groups excluding carboxylic acids is 1. The van der Waals surface area contributed by atoms with Crippen LogP contribution >= 0.6 is 0 Å². The Morgan fingerprint density at radius 3 is 2.36 bits per heavy atom. The molecular weight excluding hydrogens is 322 g/mol. The summed E-state index contributed by atoms with van der Waals surface area (Å²) >= 11 is 0. The van der Waals surface area contributed by atoms with Crippen molar-refractivity contribution in [1.82, 2.24) is 14.9 Å². The van der Waals surface area contributed by atoms with E-state index in [4.69, 9.17) is 14.2 Å². The van der Waals surface area contributed by atoms with Crippen LogP contribution in [0.2, 0.25) is 0 Å². The number of hydrogen-bond acceptors (Lipinski definition) is 5. The van der Waals surface area contributed by atoms with Gasteiger partial charge in [-0.25, -0.2) is 4.98 Å². The molecule has 1 amide bonds. The number of aryl methyl sites for hydroxylation is 1. The SMILES string of the molecule is COc1cc(C(=O)NCCCCCn2ccnc2)cc(OC)c1OC. The van der Waals surface area contributed by atoms with Gasteiger partial charge in [-0.05, 0) is 31.4 Å². The van der Waals surface area contributed by atoms with Gasteiger partial charge in [0.05, 0.1) is 27.7 Å². The number of methoxy groups -OCH3 is 3. The minimum absolute atomic E-state index is 0.158. The summed E-state index contributed by atoms with van der Waals surface area (Å²) in [5.41, 5.74) is 0.480. The van der Waals surface area contributed by atoms with Crippen LogP contribution in [0.3, 0.4) is 0 Å². The van der Waals surface area contributed by atoms with Crippen LogP contribution in [0, 0.1) is 0 Å².